The third-order valence-electron chi connectivity index (χ3n) is 3.30. The van der Waals surface area contributed by atoms with Gasteiger partial charge in [-0.3, -0.25) is 4.90 Å². The molecular formula is C15H32N2O. The Morgan fingerprint density at radius 1 is 1.28 bits per heavy atom. The first-order valence-corrected chi connectivity index (χ1v) is 7.29. The maximum atomic E-state index is 5.91. The summed E-state index contributed by atoms with van der Waals surface area (Å²) in [4.78, 5) is 2.51. The fraction of sp³-hybridized carbons (Fsp3) is 1.00. The third-order valence-corrected chi connectivity index (χ3v) is 3.30. The van der Waals surface area contributed by atoms with Crippen molar-refractivity contribution in [3.05, 3.63) is 0 Å². The Bertz CT molecular complexity index is 245. The van der Waals surface area contributed by atoms with E-state index in [1.807, 2.05) is 0 Å². The normalized spacial score (nSPS) is 25.3. The number of rotatable bonds is 5. The Balaban J connectivity index is 2.15. The summed E-state index contributed by atoms with van der Waals surface area (Å²) in [7, 11) is 0. The molecule has 0 radical (unpaired) electrons. The minimum absolute atomic E-state index is 0.00305. The van der Waals surface area contributed by atoms with Gasteiger partial charge in [0.05, 0.1) is 11.7 Å². The van der Waals surface area contributed by atoms with Crippen LogP contribution in [0, 0.1) is 5.41 Å². The summed E-state index contributed by atoms with van der Waals surface area (Å²) in [5.41, 5.74) is 0.436. The highest BCUT2D eigenvalue weighted by atomic mass is 16.5. The van der Waals surface area contributed by atoms with E-state index in [2.05, 4.69) is 51.8 Å². The number of nitrogens with one attached hydrogen (secondary N) is 1. The molecule has 0 bridgehead atoms. The van der Waals surface area contributed by atoms with Crippen LogP contribution >= 0.6 is 0 Å². The van der Waals surface area contributed by atoms with Crippen LogP contribution in [0.3, 0.4) is 0 Å². The molecular weight excluding hydrogens is 224 g/mol. The first-order valence-electron chi connectivity index (χ1n) is 7.29. The Morgan fingerprint density at radius 2 is 1.94 bits per heavy atom. The van der Waals surface area contributed by atoms with Crippen molar-refractivity contribution in [1.82, 2.24) is 10.2 Å². The highest BCUT2D eigenvalue weighted by molar-refractivity contribution is 4.82. The molecule has 0 aliphatic carbocycles. The molecule has 0 aromatic carbocycles. The van der Waals surface area contributed by atoms with E-state index in [0.29, 0.717) is 11.5 Å². The van der Waals surface area contributed by atoms with Crippen molar-refractivity contribution < 1.29 is 4.74 Å². The maximum absolute atomic E-state index is 5.91. The highest BCUT2D eigenvalue weighted by Crippen LogP contribution is 2.20. The summed E-state index contributed by atoms with van der Waals surface area (Å²) >= 11 is 0. The van der Waals surface area contributed by atoms with Gasteiger partial charge < -0.3 is 10.1 Å². The van der Waals surface area contributed by atoms with Gasteiger partial charge in [0.1, 0.15) is 0 Å². The summed E-state index contributed by atoms with van der Waals surface area (Å²) in [6, 6.07) is 0. The topological polar surface area (TPSA) is 24.5 Å². The van der Waals surface area contributed by atoms with Crippen LogP contribution in [0.1, 0.15) is 48.0 Å². The summed E-state index contributed by atoms with van der Waals surface area (Å²) in [5, 5.41) is 3.55. The van der Waals surface area contributed by atoms with E-state index in [4.69, 9.17) is 4.74 Å². The highest BCUT2D eigenvalue weighted by Gasteiger charge is 2.30. The summed E-state index contributed by atoms with van der Waals surface area (Å²) in [6.45, 7) is 18.8. The SMILES string of the molecule is CC1CN(CCNCCC(C)(C)C)CC(C)(C)O1. The second-order valence-electron chi connectivity index (χ2n) is 7.48. The lowest BCUT2D eigenvalue weighted by Gasteiger charge is -2.41. The zero-order chi connectivity index (χ0) is 13.8. The van der Waals surface area contributed by atoms with E-state index in [9.17, 15) is 0 Å². The van der Waals surface area contributed by atoms with Crippen molar-refractivity contribution in [1.29, 1.82) is 0 Å². The number of hydrogen-bond acceptors (Lipinski definition) is 3. The van der Waals surface area contributed by atoms with Gasteiger partial charge in [0.25, 0.3) is 0 Å². The zero-order valence-electron chi connectivity index (χ0n) is 13.2. The van der Waals surface area contributed by atoms with E-state index in [1.54, 1.807) is 0 Å². The number of hydrogen-bond donors (Lipinski definition) is 1. The second-order valence-corrected chi connectivity index (χ2v) is 7.48. The van der Waals surface area contributed by atoms with Crippen LogP contribution in [0.4, 0.5) is 0 Å². The molecule has 1 saturated heterocycles. The van der Waals surface area contributed by atoms with E-state index in [0.717, 1.165) is 32.7 Å². The second kappa shape index (κ2) is 6.36. The third kappa shape index (κ3) is 6.72. The molecule has 1 atom stereocenters. The van der Waals surface area contributed by atoms with Crippen LogP contribution in [0.25, 0.3) is 0 Å². The van der Waals surface area contributed by atoms with Crippen molar-refractivity contribution in [3.63, 3.8) is 0 Å². The van der Waals surface area contributed by atoms with Gasteiger partial charge in [0.2, 0.25) is 0 Å². The molecule has 18 heavy (non-hydrogen) atoms. The smallest absolute Gasteiger partial charge is 0.0757 e. The van der Waals surface area contributed by atoms with E-state index in [-0.39, 0.29) is 5.60 Å². The average molecular weight is 256 g/mol. The summed E-state index contributed by atoms with van der Waals surface area (Å²) in [5.74, 6) is 0. The van der Waals surface area contributed by atoms with Crippen molar-refractivity contribution in [3.8, 4) is 0 Å². The first-order chi connectivity index (χ1) is 8.18. The number of morpholine rings is 1. The maximum Gasteiger partial charge on any atom is 0.0757 e. The minimum atomic E-state index is 0.00305. The largest absolute Gasteiger partial charge is 0.370 e. The van der Waals surface area contributed by atoms with Crippen molar-refractivity contribution >= 4 is 0 Å². The summed E-state index contributed by atoms with van der Waals surface area (Å²) in [6.07, 6.45) is 1.58. The first kappa shape index (κ1) is 15.9. The molecule has 0 aromatic heterocycles. The van der Waals surface area contributed by atoms with Crippen LogP contribution in [0.15, 0.2) is 0 Å². The van der Waals surface area contributed by atoms with Crippen molar-refractivity contribution in [2.24, 2.45) is 5.41 Å². The van der Waals surface area contributed by atoms with Gasteiger partial charge in [0, 0.05) is 26.2 Å². The van der Waals surface area contributed by atoms with Gasteiger partial charge >= 0.3 is 0 Å². The lowest BCUT2D eigenvalue weighted by Crippen LogP contribution is -2.53. The van der Waals surface area contributed by atoms with Gasteiger partial charge in [-0.1, -0.05) is 20.8 Å². The molecule has 1 rings (SSSR count). The van der Waals surface area contributed by atoms with Gasteiger partial charge in [-0.05, 0) is 39.2 Å². The van der Waals surface area contributed by atoms with Crippen molar-refractivity contribution in [2.75, 3.05) is 32.7 Å². The molecule has 1 aliphatic rings. The van der Waals surface area contributed by atoms with Crippen LogP contribution in [0.2, 0.25) is 0 Å². The molecule has 1 heterocycles. The van der Waals surface area contributed by atoms with Gasteiger partial charge in [-0.25, -0.2) is 0 Å². The molecule has 3 nitrogen and oxygen atoms in total. The average Bonchev–Trinajstić information content (AvgIpc) is 2.11. The molecule has 1 N–H and O–H groups in total. The van der Waals surface area contributed by atoms with Gasteiger partial charge in [0.15, 0.2) is 0 Å². The number of nitrogens with zero attached hydrogens (tertiary/aromatic N) is 1. The van der Waals surface area contributed by atoms with Crippen LogP contribution in [-0.2, 0) is 4.74 Å². The molecule has 1 unspecified atom stereocenters. The van der Waals surface area contributed by atoms with Crippen LogP contribution < -0.4 is 5.32 Å². The molecule has 0 spiro atoms. The minimum Gasteiger partial charge on any atom is -0.370 e. The van der Waals surface area contributed by atoms with E-state index in [1.165, 1.54) is 6.42 Å². The Labute approximate surface area is 113 Å². The molecule has 1 fully saturated rings. The lowest BCUT2D eigenvalue weighted by molar-refractivity contribution is -0.128. The fourth-order valence-corrected chi connectivity index (χ4v) is 2.58. The Hall–Kier alpha value is -0.120. The van der Waals surface area contributed by atoms with E-state index < -0.39 is 0 Å². The molecule has 3 heteroatoms. The van der Waals surface area contributed by atoms with Gasteiger partial charge in [-0.15, -0.1) is 0 Å². The van der Waals surface area contributed by atoms with Crippen molar-refractivity contribution in [2.45, 2.75) is 59.7 Å². The monoisotopic (exact) mass is 256 g/mol. The molecule has 0 aromatic rings. The lowest BCUT2D eigenvalue weighted by atomic mass is 9.92. The summed E-state index contributed by atoms with van der Waals surface area (Å²) < 4.78 is 5.91. The Kier molecular flexibility index (Phi) is 5.63. The predicted octanol–water partition coefficient (Wildman–Crippen LogP) is 2.51. The predicted molar refractivity (Wildman–Crippen MR) is 78.0 cm³/mol. The zero-order valence-corrected chi connectivity index (χ0v) is 13.2. The van der Waals surface area contributed by atoms with Gasteiger partial charge in [-0.2, -0.15) is 0 Å². The molecule has 1 aliphatic heterocycles. The number of ether oxygens (including phenoxy) is 1. The quantitative estimate of drug-likeness (QED) is 0.765. The molecule has 0 saturated carbocycles. The molecule has 108 valence electrons. The van der Waals surface area contributed by atoms with E-state index >= 15 is 0 Å². The molecule has 0 amide bonds. The fourth-order valence-electron chi connectivity index (χ4n) is 2.58. The van der Waals surface area contributed by atoms with Crippen LogP contribution in [-0.4, -0.2) is 49.3 Å². The Morgan fingerprint density at radius 3 is 2.50 bits per heavy atom. The van der Waals surface area contributed by atoms with Crippen LogP contribution in [0.5, 0.6) is 0 Å². The standard InChI is InChI=1S/C15H32N2O/c1-13-11-17(12-15(5,6)18-13)10-9-16-8-7-14(2,3)4/h13,16H,7-12H2,1-6H3.